The second-order valence-corrected chi connectivity index (χ2v) is 8.40. The molecule has 0 saturated carbocycles. The molecule has 2 aromatic rings. The molecule has 144 valence electrons. The number of carbonyl (C=O) groups is 1. The van der Waals surface area contributed by atoms with E-state index >= 15 is 0 Å². The maximum Gasteiger partial charge on any atom is 0.410 e. The van der Waals surface area contributed by atoms with Crippen LogP contribution in [0.5, 0.6) is 0 Å². The van der Waals surface area contributed by atoms with Crippen LogP contribution in [0.25, 0.3) is 0 Å². The number of hydrogen-bond donors (Lipinski definition) is 0. The van der Waals surface area contributed by atoms with Gasteiger partial charge in [0.05, 0.1) is 17.5 Å². The lowest BCUT2D eigenvalue weighted by Crippen LogP contribution is -2.31. The summed E-state index contributed by atoms with van der Waals surface area (Å²) in [4.78, 5) is 13.9. The first kappa shape index (κ1) is 19.4. The number of amides is 1. The molecule has 2 atom stereocenters. The van der Waals surface area contributed by atoms with Gasteiger partial charge in [-0.15, -0.1) is 0 Å². The Labute approximate surface area is 159 Å². The number of likely N-dealkylation sites (tertiary alicyclic amines) is 1. The van der Waals surface area contributed by atoms with Gasteiger partial charge in [-0.2, -0.15) is 8.42 Å². The van der Waals surface area contributed by atoms with Crippen LogP contribution in [0.3, 0.4) is 0 Å². The van der Waals surface area contributed by atoms with E-state index < -0.39 is 22.3 Å². The van der Waals surface area contributed by atoms with Gasteiger partial charge in [0.1, 0.15) is 6.61 Å². The van der Waals surface area contributed by atoms with Crippen molar-refractivity contribution < 1.29 is 22.1 Å². The topological polar surface area (TPSA) is 72.9 Å². The molecule has 0 N–H and O–H groups in total. The maximum atomic E-state index is 12.5. The highest BCUT2D eigenvalue weighted by Gasteiger charge is 2.37. The number of benzene rings is 2. The van der Waals surface area contributed by atoms with Crippen LogP contribution in [0.15, 0.2) is 59.5 Å². The minimum absolute atomic E-state index is 0.116. The van der Waals surface area contributed by atoms with Gasteiger partial charge in [-0.05, 0) is 24.6 Å². The van der Waals surface area contributed by atoms with Crippen LogP contribution < -0.4 is 0 Å². The molecule has 1 aliphatic rings. The molecule has 0 unspecified atom stereocenters. The van der Waals surface area contributed by atoms with Crippen molar-refractivity contribution in [2.75, 3.05) is 13.1 Å². The van der Waals surface area contributed by atoms with Gasteiger partial charge >= 0.3 is 6.09 Å². The van der Waals surface area contributed by atoms with Crippen LogP contribution in [0.4, 0.5) is 4.79 Å². The highest BCUT2D eigenvalue weighted by molar-refractivity contribution is 7.86. The van der Waals surface area contributed by atoms with Crippen molar-refractivity contribution in [1.29, 1.82) is 0 Å². The van der Waals surface area contributed by atoms with Crippen molar-refractivity contribution in [2.24, 2.45) is 5.92 Å². The molecule has 0 radical (unpaired) electrons. The van der Waals surface area contributed by atoms with Crippen LogP contribution in [-0.4, -0.2) is 38.6 Å². The van der Waals surface area contributed by atoms with Gasteiger partial charge in [-0.25, -0.2) is 4.79 Å². The number of rotatable bonds is 5. The standard InChI is InChI=1S/C20H23NO5S/c1-15-8-10-18(11-9-15)27(23,24)26-19-13-21(12-16(19)2)20(22)25-14-17-6-4-3-5-7-17/h3-11,16,19H,12-14H2,1-2H3/t16-,19-/m0/s1. The Bertz CT molecular complexity index is 880. The number of hydrogen-bond acceptors (Lipinski definition) is 5. The molecule has 6 nitrogen and oxygen atoms in total. The number of nitrogens with zero attached hydrogens (tertiary/aromatic N) is 1. The fourth-order valence-corrected chi connectivity index (χ4v) is 4.10. The fraction of sp³-hybridized carbons (Fsp3) is 0.350. The zero-order valence-electron chi connectivity index (χ0n) is 15.4. The molecule has 0 bridgehead atoms. The van der Waals surface area contributed by atoms with Crippen molar-refractivity contribution in [3.05, 3.63) is 65.7 Å². The summed E-state index contributed by atoms with van der Waals surface area (Å²) in [5.74, 6) is -0.116. The lowest BCUT2D eigenvalue weighted by Gasteiger charge is -2.16. The molecule has 1 heterocycles. The third-order valence-electron chi connectivity index (χ3n) is 4.57. The molecule has 27 heavy (non-hydrogen) atoms. The molecule has 1 amide bonds. The zero-order chi connectivity index (χ0) is 19.4. The van der Waals surface area contributed by atoms with E-state index in [1.54, 1.807) is 12.1 Å². The van der Waals surface area contributed by atoms with Crippen molar-refractivity contribution in [3.8, 4) is 0 Å². The zero-order valence-corrected chi connectivity index (χ0v) is 16.2. The maximum absolute atomic E-state index is 12.5. The normalized spacial score (nSPS) is 19.9. The van der Waals surface area contributed by atoms with Gasteiger partial charge in [-0.1, -0.05) is 55.0 Å². The second-order valence-electron chi connectivity index (χ2n) is 6.82. The quantitative estimate of drug-likeness (QED) is 0.733. The molecule has 3 rings (SSSR count). The first-order valence-corrected chi connectivity index (χ1v) is 10.2. The van der Waals surface area contributed by atoms with Crippen molar-refractivity contribution >= 4 is 16.2 Å². The Morgan fingerprint density at radius 1 is 1.07 bits per heavy atom. The highest BCUT2D eigenvalue weighted by atomic mass is 32.2. The van der Waals surface area contributed by atoms with Crippen LogP contribution in [-0.2, 0) is 25.6 Å². The molecular weight excluding hydrogens is 366 g/mol. The Hall–Kier alpha value is -2.38. The van der Waals surface area contributed by atoms with E-state index in [9.17, 15) is 13.2 Å². The molecule has 1 aliphatic heterocycles. The van der Waals surface area contributed by atoms with Gasteiger partial charge in [0.2, 0.25) is 0 Å². The summed E-state index contributed by atoms with van der Waals surface area (Å²) in [6.07, 6.45) is -1.06. The summed E-state index contributed by atoms with van der Waals surface area (Å²) in [6, 6.07) is 15.9. The number of ether oxygens (including phenoxy) is 1. The van der Waals surface area contributed by atoms with E-state index in [0.29, 0.717) is 6.54 Å². The second kappa shape index (κ2) is 8.10. The van der Waals surface area contributed by atoms with Crippen molar-refractivity contribution in [2.45, 2.75) is 31.5 Å². The number of aryl methyl sites for hydroxylation is 1. The Morgan fingerprint density at radius 3 is 2.41 bits per heavy atom. The molecular formula is C20H23NO5S. The monoisotopic (exact) mass is 389 g/mol. The largest absolute Gasteiger partial charge is 0.445 e. The summed E-state index contributed by atoms with van der Waals surface area (Å²) in [6.45, 7) is 4.49. The van der Waals surface area contributed by atoms with E-state index in [4.69, 9.17) is 8.92 Å². The van der Waals surface area contributed by atoms with Crippen LogP contribution >= 0.6 is 0 Å². The molecule has 7 heteroatoms. The summed E-state index contributed by atoms with van der Waals surface area (Å²) in [7, 11) is -3.88. The third-order valence-corrected chi connectivity index (χ3v) is 5.92. The molecule has 1 fully saturated rings. The fourth-order valence-electron chi connectivity index (χ4n) is 2.95. The predicted molar refractivity (Wildman–Crippen MR) is 101 cm³/mol. The molecule has 1 saturated heterocycles. The average Bonchev–Trinajstić information content (AvgIpc) is 3.01. The third kappa shape index (κ3) is 4.87. The summed E-state index contributed by atoms with van der Waals surface area (Å²) < 4.78 is 35.7. The van der Waals surface area contributed by atoms with E-state index in [0.717, 1.165) is 11.1 Å². The minimum atomic E-state index is -3.88. The van der Waals surface area contributed by atoms with Gasteiger partial charge in [0, 0.05) is 12.5 Å². The molecule has 2 aromatic carbocycles. The lowest BCUT2D eigenvalue weighted by atomic mass is 10.1. The van der Waals surface area contributed by atoms with Crippen molar-refractivity contribution in [1.82, 2.24) is 4.90 Å². The SMILES string of the molecule is Cc1ccc(S(=O)(=O)O[C@H]2CN(C(=O)OCc3ccccc3)C[C@@H]2C)cc1. The lowest BCUT2D eigenvalue weighted by molar-refractivity contribution is 0.0994. The average molecular weight is 389 g/mol. The van der Waals surface area contributed by atoms with Gasteiger partial charge in [0.15, 0.2) is 0 Å². The summed E-state index contributed by atoms with van der Waals surface area (Å²) in [5.41, 5.74) is 1.86. The summed E-state index contributed by atoms with van der Waals surface area (Å²) in [5, 5.41) is 0. The van der Waals surface area contributed by atoms with Crippen LogP contribution in [0.1, 0.15) is 18.1 Å². The predicted octanol–water partition coefficient (Wildman–Crippen LogP) is 3.36. The molecule has 0 aromatic heterocycles. The van der Waals surface area contributed by atoms with E-state index in [-0.39, 0.29) is 24.0 Å². The highest BCUT2D eigenvalue weighted by Crippen LogP contribution is 2.25. The van der Waals surface area contributed by atoms with Crippen LogP contribution in [0, 0.1) is 12.8 Å². The smallest absolute Gasteiger partial charge is 0.410 e. The minimum Gasteiger partial charge on any atom is -0.445 e. The first-order valence-electron chi connectivity index (χ1n) is 8.81. The van der Waals surface area contributed by atoms with E-state index in [2.05, 4.69) is 0 Å². The first-order chi connectivity index (χ1) is 12.8. The Morgan fingerprint density at radius 2 is 1.74 bits per heavy atom. The van der Waals surface area contributed by atoms with Gasteiger partial charge in [0.25, 0.3) is 10.1 Å². The van der Waals surface area contributed by atoms with Gasteiger partial charge < -0.3 is 9.64 Å². The Kier molecular flexibility index (Phi) is 5.82. The number of carbonyl (C=O) groups excluding carboxylic acids is 1. The van der Waals surface area contributed by atoms with E-state index in [1.165, 1.54) is 17.0 Å². The van der Waals surface area contributed by atoms with Crippen LogP contribution in [0.2, 0.25) is 0 Å². The Balaban J connectivity index is 1.59. The van der Waals surface area contributed by atoms with E-state index in [1.807, 2.05) is 44.2 Å². The molecule has 0 spiro atoms. The summed E-state index contributed by atoms with van der Waals surface area (Å²) >= 11 is 0. The van der Waals surface area contributed by atoms with Crippen molar-refractivity contribution in [3.63, 3.8) is 0 Å². The molecule has 0 aliphatic carbocycles. The van der Waals surface area contributed by atoms with Gasteiger partial charge in [-0.3, -0.25) is 4.18 Å².